The Labute approximate surface area is 235 Å². The lowest BCUT2D eigenvalue weighted by Crippen LogP contribution is -2.56. The summed E-state index contributed by atoms with van der Waals surface area (Å²) in [5, 5.41) is 16.2. The van der Waals surface area contributed by atoms with E-state index < -0.39 is 0 Å². The van der Waals surface area contributed by atoms with Gasteiger partial charge in [-0.05, 0) is 45.2 Å². The number of hydrogen-bond acceptors (Lipinski definition) is 4. The topological polar surface area (TPSA) is 81.7 Å². The summed E-state index contributed by atoms with van der Waals surface area (Å²) >= 11 is 0. The fourth-order valence-corrected chi connectivity index (χ4v) is 5.51. The minimum absolute atomic E-state index is 0.0624. The molecule has 0 aromatic rings. The van der Waals surface area contributed by atoms with E-state index in [1.165, 1.54) is 109 Å². The Balaban J connectivity index is 2.26. The second-order valence-corrected chi connectivity index (χ2v) is 11.7. The zero-order valence-electron chi connectivity index (χ0n) is 25.3. The van der Waals surface area contributed by atoms with Crippen molar-refractivity contribution < 1.29 is 14.7 Å². The third-order valence-corrected chi connectivity index (χ3v) is 7.98. The summed E-state index contributed by atoms with van der Waals surface area (Å²) in [6.45, 7) is 7.39. The first-order valence-electron chi connectivity index (χ1n) is 16.5. The summed E-state index contributed by atoms with van der Waals surface area (Å²) in [4.78, 5) is 26.0. The number of nitrogens with zero attached hydrogens (tertiary/aromatic N) is 1. The van der Waals surface area contributed by atoms with Crippen molar-refractivity contribution >= 4 is 11.8 Å². The van der Waals surface area contributed by atoms with Crippen LogP contribution in [0.25, 0.3) is 0 Å². The zero-order valence-corrected chi connectivity index (χ0v) is 25.3. The standard InChI is InChI=1S/C32H63N3O3/c1-3-5-7-9-11-13-14-16-18-21-25-35(26-22-20-24-30-32(38)33-27-31(37)34-30)28-29(36)23-19-17-15-12-10-8-6-4-2/h29-30,36H,3-28H2,1-2H3,(H,33,38)(H,34,37)/t29-,30+/m1/s1. The highest BCUT2D eigenvalue weighted by atomic mass is 16.3. The van der Waals surface area contributed by atoms with Crippen LogP contribution in [0.15, 0.2) is 0 Å². The van der Waals surface area contributed by atoms with Gasteiger partial charge in [0.25, 0.3) is 0 Å². The molecule has 2 amide bonds. The lowest BCUT2D eigenvalue weighted by atomic mass is 10.0. The van der Waals surface area contributed by atoms with E-state index in [1.807, 2.05) is 0 Å². The second-order valence-electron chi connectivity index (χ2n) is 11.7. The number of unbranched alkanes of at least 4 members (excludes halogenated alkanes) is 17. The second kappa shape index (κ2) is 24.9. The van der Waals surface area contributed by atoms with E-state index in [4.69, 9.17) is 0 Å². The van der Waals surface area contributed by atoms with E-state index in [9.17, 15) is 14.7 Å². The fourth-order valence-electron chi connectivity index (χ4n) is 5.51. The van der Waals surface area contributed by atoms with Gasteiger partial charge in [0, 0.05) is 6.54 Å². The fraction of sp³-hybridized carbons (Fsp3) is 0.938. The van der Waals surface area contributed by atoms with Gasteiger partial charge >= 0.3 is 0 Å². The smallest absolute Gasteiger partial charge is 0.243 e. The first kappa shape index (κ1) is 34.9. The maximum atomic E-state index is 12.0. The molecule has 1 fully saturated rings. The number of aliphatic hydroxyl groups is 1. The largest absolute Gasteiger partial charge is 0.392 e. The Morgan fingerprint density at radius 2 is 1.18 bits per heavy atom. The Kier molecular flexibility index (Phi) is 22.8. The molecule has 224 valence electrons. The molecule has 0 aliphatic carbocycles. The zero-order chi connectivity index (χ0) is 27.7. The Morgan fingerprint density at radius 1 is 0.711 bits per heavy atom. The molecule has 0 unspecified atom stereocenters. The first-order valence-corrected chi connectivity index (χ1v) is 16.5. The molecule has 1 aliphatic rings. The Hall–Kier alpha value is -1.14. The maximum Gasteiger partial charge on any atom is 0.243 e. The monoisotopic (exact) mass is 537 g/mol. The summed E-state index contributed by atoms with van der Waals surface area (Å²) in [7, 11) is 0. The van der Waals surface area contributed by atoms with Gasteiger partial charge in [0.15, 0.2) is 0 Å². The van der Waals surface area contributed by atoms with Gasteiger partial charge in [-0.2, -0.15) is 0 Å². The van der Waals surface area contributed by atoms with Crippen LogP contribution in [-0.2, 0) is 9.59 Å². The number of rotatable bonds is 27. The molecule has 6 nitrogen and oxygen atoms in total. The number of carbonyl (C=O) groups excluding carboxylic acids is 2. The molecule has 3 N–H and O–H groups in total. The average molecular weight is 538 g/mol. The van der Waals surface area contributed by atoms with Crippen molar-refractivity contribution in [2.75, 3.05) is 26.2 Å². The maximum absolute atomic E-state index is 12.0. The number of amides is 2. The number of carbonyl (C=O) groups is 2. The number of nitrogens with one attached hydrogen (secondary N) is 2. The molecule has 6 heteroatoms. The minimum atomic E-state index is -0.390. The van der Waals surface area contributed by atoms with Crippen molar-refractivity contribution in [3.05, 3.63) is 0 Å². The van der Waals surface area contributed by atoms with Gasteiger partial charge in [-0.3, -0.25) is 9.59 Å². The summed E-state index contributed by atoms with van der Waals surface area (Å²) in [6.07, 6.45) is 27.0. The van der Waals surface area contributed by atoms with E-state index in [0.29, 0.717) is 6.42 Å². The van der Waals surface area contributed by atoms with Gasteiger partial charge in [-0.15, -0.1) is 0 Å². The summed E-state index contributed by atoms with van der Waals surface area (Å²) in [5.74, 6) is -0.158. The molecule has 38 heavy (non-hydrogen) atoms. The molecule has 1 saturated heterocycles. The number of aliphatic hydroxyl groups excluding tert-OH is 1. The van der Waals surface area contributed by atoms with Gasteiger partial charge in [-0.1, -0.05) is 123 Å². The van der Waals surface area contributed by atoms with Crippen LogP contribution in [0.3, 0.4) is 0 Å². The molecular weight excluding hydrogens is 474 g/mol. The molecule has 0 aromatic heterocycles. The SMILES string of the molecule is CCCCCCCCCCCCN(CCCC[C@@H]1NC(=O)CNC1=O)C[C@H](O)CCCCCCCCCC. The minimum Gasteiger partial charge on any atom is -0.392 e. The first-order chi connectivity index (χ1) is 18.6. The van der Waals surface area contributed by atoms with Gasteiger partial charge in [0.1, 0.15) is 6.04 Å². The van der Waals surface area contributed by atoms with E-state index in [-0.39, 0.29) is 30.5 Å². The molecule has 0 bridgehead atoms. The lowest BCUT2D eigenvalue weighted by Gasteiger charge is -2.26. The summed E-state index contributed by atoms with van der Waals surface area (Å²) in [6, 6.07) is -0.390. The highest BCUT2D eigenvalue weighted by Gasteiger charge is 2.25. The quantitative estimate of drug-likeness (QED) is 0.0997. The lowest BCUT2D eigenvalue weighted by molar-refractivity contribution is -0.133. The number of hydrogen-bond donors (Lipinski definition) is 3. The van der Waals surface area contributed by atoms with Crippen LogP contribution in [0, 0.1) is 0 Å². The van der Waals surface area contributed by atoms with Gasteiger partial charge in [-0.25, -0.2) is 0 Å². The van der Waals surface area contributed by atoms with E-state index in [0.717, 1.165) is 45.3 Å². The molecule has 1 aliphatic heterocycles. The van der Waals surface area contributed by atoms with Crippen molar-refractivity contribution in [1.82, 2.24) is 15.5 Å². The molecule has 1 rings (SSSR count). The van der Waals surface area contributed by atoms with Crippen molar-refractivity contribution in [2.45, 2.75) is 167 Å². The van der Waals surface area contributed by atoms with Crippen LogP contribution < -0.4 is 10.6 Å². The normalized spacial score (nSPS) is 16.6. The van der Waals surface area contributed by atoms with E-state index >= 15 is 0 Å². The third kappa shape index (κ3) is 19.9. The van der Waals surface area contributed by atoms with Crippen LogP contribution in [-0.4, -0.2) is 60.1 Å². The van der Waals surface area contributed by atoms with Gasteiger partial charge in [0.2, 0.25) is 11.8 Å². The highest BCUT2D eigenvalue weighted by Crippen LogP contribution is 2.14. The highest BCUT2D eigenvalue weighted by molar-refractivity contribution is 5.94. The Bertz CT molecular complexity index is 572. The molecule has 0 radical (unpaired) electrons. The van der Waals surface area contributed by atoms with Gasteiger partial charge in [0.05, 0.1) is 12.6 Å². The van der Waals surface area contributed by atoms with Crippen LogP contribution in [0.1, 0.15) is 155 Å². The summed E-state index contributed by atoms with van der Waals surface area (Å²) < 4.78 is 0. The van der Waals surface area contributed by atoms with Crippen molar-refractivity contribution in [3.8, 4) is 0 Å². The average Bonchev–Trinajstić information content (AvgIpc) is 2.90. The molecule has 0 saturated carbocycles. The van der Waals surface area contributed by atoms with Crippen LogP contribution in [0.4, 0.5) is 0 Å². The van der Waals surface area contributed by atoms with Crippen molar-refractivity contribution in [1.29, 1.82) is 0 Å². The van der Waals surface area contributed by atoms with E-state index in [1.54, 1.807) is 0 Å². The van der Waals surface area contributed by atoms with Crippen LogP contribution >= 0.6 is 0 Å². The van der Waals surface area contributed by atoms with Crippen molar-refractivity contribution in [2.24, 2.45) is 0 Å². The molecule has 0 spiro atoms. The molecule has 1 heterocycles. The number of piperazine rings is 1. The third-order valence-electron chi connectivity index (χ3n) is 7.98. The van der Waals surface area contributed by atoms with Crippen molar-refractivity contribution in [3.63, 3.8) is 0 Å². The van der Waals surface area contributed by atoms with Gasteiger partial charge < -0.3 is 20.6 Å². The van der Waals surface area contributed by atoms with Crippen LogP contribution in [0.2, 0.25) is 0 Å². The van der Waals surface area contributed by atoms with E-state index in [2.05, 4.69) is 29.4 Å². The predicted molar refractivity (Wildman–Crippen MR) is 160 cm³/mol. The predicted octanol–water partition coefficient (Wildman–Crippen LogP) is 6.89. The molecular formula is C32H63N3O3. The molecule has 0 aromatic carbocycles. The van der Waals surface area contributed by atoms with Crippen LogP contribution in [0.5, 0.6) is 0 Å². The molecule has 2 atom stereocenters. The Morgan fingerprint density at radius 3 is 1.74 bits per heavy atom. The summed E-state index contributed by atoms with van der Waals surface area (Å²) in [5.41, 5.74) is 0.